The molecule has 5 N–H and O–H groups in total. The average Bonchev–Trinajstić information content (AvgIpc) is 3.04. The van der Waals surface area contributed by atoms with E-state index in [2.05, 4.69) is 10.0 Å². The average molecular weight is 641 g/mol. The van der Waals surface area contributed by atoms with E-state index in [0.29, 0.717) is 25.0 Å². The van der Waals surface area contributed by atoms with Crippen LogP contribution in [0.5, 0.6) is 0 Å². The van der Waals surface area contributed by atoms with Crippen molar-refractivity contribution in [3.05, 3.63) is 58.4 Å². The van der Waals surface area contributed by atoms with Crippen molar-refractivity contribution in [3.63, 3.8) is 0 Å². The van der Waals surface area contributed by atoms with Crippen molar-refractivity contribution in [1.29, 1.82) is 0 Å². The lowest BCUT2D eigenvalue weighted by Gasteiger charge is -2.46. The largest absolute Gasteiger partial charge is 0.389 e. The molecule has 0 saturated heterocycles. The SMILES string of the molecule is CS(=O)(=O)NCC(O)C(O)C1(O)C2CCC1CC(S(=O)(=O)c1cc(C(=O)Nc3cc(F)c(F)c(F)c3)ccc1Cl)C2. The quantitative estimate of drug-likeness (QED) is 0.259. The van der Waals surface area contributed by atoms with Gasteiger partial charge in [-0.25, -0.2) is 34.7 Å². The molecule has 2 aliphatic rings. The number of carbonyl (C=O) groups is 1. The standard InChI is InChI=1S/C25H28ClF3N2O8S2/c1-40(36,37)30-11-20(32)23(33)25(35)13-3-4-14(25)8-16(7-13)41(38,39)21-6-12(2-5-17(21)26)24(34)31-15-9-18(27)22(29)19(28)10-15/h2,5-6,9-10,13-14,16,20,23,30,32-33,35H,3-4,7-8,11H2,1H3,(H,31,34). The van der Waals surface area contributed by atoms with Crippen LogP contribution in [0.3, 0.4) is 0 Å². The molecule has 10 nitrogen and oxygen atoms in total. The van der Waals surface area contributed by atoms with Gasteiger partial charge in [0.15, 0.2) is 27.3 Å². The molecular weight excluding hydrogens is 613 g/mol. The molecule has 4 atom stereocenters. The van der Waals surface area contributed by atoms with Gasteiger partial charge in [0.05, 0.1) is 33.1 Å². The molecule has 2 fully saturated rings. The summed E-state index contributed by atoms with van der Waals surface area (Å²) < 4.78 is 92.5. The summed E-state index contributed by atoms with van der Waals surface area (Å²) in [5.41, 5.74) is -2.48. The monoisotopic (exact) mass is 640 g/mol. The van der Waals surface area contributed by atoms with E-state index in [1.807, 2.05) is 0 Å². The van der Waals surface area contributed by atoms with Crippen LogP contribution in [0, 0.1) is 29.3 Å². The molecule has 0 heterocycles. The molecule has 2 aromatic carbocycles. The second-order valence-electron chi connectivity index (χ2n) is 10.5. The van der Waals surface area contributed by atoms with Crippen molar-refractivity contribution in [2.45, 2.75) is 53.6 Å². The predicted octanol–water partition coefficient (Wildman–Crippen LogP) is 1.97. The fourth-order valence-corrected chi connectivity index (χ4v) is 8.68. The van der Waals surface area contributed by atoms with Crippen molar-refractivity contribution in [1.82, 2.24) is 4.72 Å². The second-order valence-corrected chi connectivity index (χ2v) is 14.9. The first-order chi connectivity index (χ1) is 18.9. The summed E-state index contributed by atoms with van der Waals surface area (Å²) in [7, 11) is -7.90. The molecule has 4 rings (SSSR count). The molecule has 0 aromatic heterocycles. The van der Waals surface area contributed by atoms with E-state index in [1.54, 1.807) is 0 Å². The first-order valence-electron chi connectivity index (χ1n) is 12.5. The molecule has 2 bridgehead atoms. The molecule has 2 aliphatic carbocycles. The Morgan fingerprint density at radius 1 is 1.05 bits per heavy atom. The Hall–Kier alpha value is -2.27. The van der Waals surface area contributed by atoms with Gasteiger partial charge in [0.2, 0.25) is 10.0 Å². The molecule has 41 heavy (non-hydrogen) atoms. The highest BCUT2D eigenvalue weighted by molar-refractivity contribution is 7.92. The zero-order chi connectivity index (χ0) is 30.5. The molecule has 0 spiro atoms. The van der Waals surface area contributed by atoms with E-state index >= 15 is 0 Å². The topological polar surface area (TPSA) is 170 Å². The van der Waals surface area contributed by atoms with Crippen LogP contribution in [0.25, 0.3) is 0 Å². The minimum atomic E-state index is -4.22. The number of sulfonamides is 1. The van der Waals surface area contributed by atoms with Crippen LogP contribution in [0.2, 0.25) is 5.02 Å². The number of amides is 1. The number of hydrogen-bond acceptors (Lipinski definition) is 8. The van der Waals surface area contributed by atoms with Gasteiger partial charge in [-0.1, -0.05) is 11.6 Å². The Kier molecular flexibility index (Phi) is 8.83. The van der Waals surface area contributed by atoms with Gasteiger partial charge in [0, 0.05) is 29.9 Å². The van der Waals surface area contributed by atoms with E-state index in [9.17, 15) is 50.1 Å². The zero-order valence-corrected chi connectivity index (χ0v) is 23.9. The van der Waals surface area contributed by atoms with Gasteiger partial charge in [0.25, 0.3) is 5.91 Å². The lowest BCUT2D eigenvalue weighted by atomic mass is 9.70. The number of sulfone groups is 1. The number of aliphatic hydroxyl groups is 3. The van der Waals surface area contributed by atoms with E-state index in [-0.39, 0.29) is 23.4 Å². The maximum atomic E-state index is 13.7. The van der Waals surface area contributed by atoms with Crippen LogP contribution in [0.1, 0.15) is 36.0 Å². The number of nitrogens with one attached hydrogen (secondary N) is 2. The molecule has 16 heteroatoms. The Morgan fingerprint density at radius 2 is 1.61 bits per heavy atom. The third-order valence-electron chi connectivity index (χ3n) is 7.84. The first-order valence-corrected chi connectivity index (χ1v) is 16.3. The van der Waals surface area contributed by atoms with Gasteiger partial charge in [-0.2, -0.15) is 0 Å². The van der Waals surface area contributed by atoms with Crippen LogP contribution in [-0.2, 0) is 19.9 Å². The molecule has 0 radical (unpaired) electrons. The highest BCUT2D eigenvalue weighted by Gasteiger charge is 2.60. The highest BCUT2D eigenvalue weighted by atomic mass is 35.5. The van der Waals surface area contributed by atoms with Crippen LogP contribution < -0.4 is 10.0 Å². The molecule has 1 amide bonds. The summed E-state index contributed by atoms with van der Waals surface area (Å²) in [6.07, 6.45) is -2.07. The second kappa shape index (κ2) is 11.4. The fourth-order valence-electron chi connectivity index (χ4n) is 5.81. The van der Waals surface area contributed by atoms with Gasteiger partial charge in [-0.15, -0.1) is 0 Å². The molecular formula is C25H28ClF3N2O8S2. The number of carbonyl (C=O) groups excluding carboxylic acids is 1. The number of fused-ring (bicyclic) bond motifs is 2. The molecule has 0 aliphatic heterocycles. The lowest BCUT2D eigenvalue weighted by molar-refractivity contribution is -0.174. The number of anilines is 1. The summed E-state index contributed by atoms with van der Waals surface area (Å²) in [4.78, 5) is 12.3. The third kappa shape index (κ3) is 6.26. The minimum absolute atomic E-state index is 0.112. The normalized spacial score (nSPS) is 26.0. The van der Waals surface area contributed by atoms with Gasteiger partial charge >= 0.3 is 0 Å². The summed E-state index contributed by atoms with van der Waals surface area (Å²) in [5.74, 6) is -7.23. The molecule has 2 saturated carbocycles. The van der Waals surface area contributed by atoms with Crippen molar-refractivity contribution >= 4 is 43.1 Å². The van der Waals surface area contributed by atoms with Crippen molar-refractivity contribution in [2.75, 3.05) is 18.1 Å². The number of aliphatic hydroxyl groups excluding tert-OH is 2. The van der Waals surface area contributed by atoms with Gasteiger partial charge in [-0.05, 0) is 55.7 Å². The molecule has 226 valence electrons. The maximum Gasteiger partial charge on any atom is 0.255 e. The van der Waals surface area contributed by atoms with Gasteiger partial charge < -0.3 is 20.6 Å². The smallest absolute Gasteiger partial charge is 0.255 e. The number of halogens is 4. The summed E-state index contributed by atoms with van der Waals surface area (Å²) in [6, 6.07) is 4.48. The minimum Gasteiger partial charge on any atom is -0.389 e. The molecule has 4 unspecified atom stereocenters. The Morgan fingerprint density at radius 3 is 2.15 bits per heavy atom. The summed E-state index contributed by atoms with van der Waals surface area (Å²) >= 11 is 6.20. The van der Waals surface area contributed by atoms with Crippen LogP contribution >= 0.6 is 11.6 Å². The van der Waals surface area contributed by atoms with Crippen molar-refractivity contribution < 1.29 is 50.1 Å². The lowest BCUT2D eigenvalue weighted by Crippen LogP contribution is -2.60. The van der Waals surface area contributed by atoms with Gasteiger partial charge in [0.1, 0.15) is 6.10 Å². The van der Waals surface area contributed by atoms with Crippen molar-refractivity contribution in [3.8, 4) is 0 Å². The summed E-state index contributed by atoms with van der Waals surface area (Å²) in [6.45, 7) is -0.550. The summed E-state index contributed by atoms with van der Waals surface area (Å²) in [5, 5.41) is 33.5. The Bertz CT molecular complexity index is 1540. The van der Waals surface area contributed by atoms with E-state index in [4.69, 9.17) is 11.6 Å². The Balaban J connectivity index is 1.54. The number of hydrogen-bond donors (Lipinski definition) is 5. The van der Waals surface area contributed by atoms with E-state index < -0.39 is 95.2 Å². The van der Waals surface area contributed by atoms with Crippen LogP contribution in [0.15, 0.2) is 35.2 Å². The maximum absolute atomic E-state index is 13.7. The van der Waals surface area contributed by atoms with Crippen LogP contribution in [0.4, 0.5) is 18.9 Å². The molecule has 2 aromatic rings. The van der Waals surface area contributed by atoms with E-state index in [1.165, 1.54) is 6.07 Å². The van der Waals surface area contributed by atoms with Crippen LogP contribution in [-0.4, -0.2) is 73.9 Å². The number of benzene rings is 2. The van der Waals surface area contributed by atoms with E-state index in [0.717, 1.165) is 18.4 Å². The fraction of sp³-hybridized carbons (Fsp3) is 0.480. The van der Waals surface area contributed by atoms with Gasteiger partial charge in [-0.3, -0.25) is 4.79 Å². The Labute approximate surface area is 239 Å². The predicted molar refractivity (Wildman–Crippen MR) is 142 cm³/mol. The number of rotatable bonds is 9. The first kappa shape index (κ1) is 31.7. The third-order valence-corrected chi connectivity index (χ3v) is 11.2. The highest BCUT2D eigenvalue weighted by Crippen LogP contribution is 2.54. The van der Waals surface area contributed by atoms with Crippen molar-refractivity contribution in [2.24, 2.45) is 11.8 Å². The zero-order valence-electron chi connectivity index (χ0n) is 21.5.